The van der Waals surface area contributed by atoms with Gasteiger partial charge in [-0.05, 0) is 31.1 Å². The summed E-state index contributed by atoms with van der Waals surface area (Å²) in [6.07, 6.45) is 3.56. The Morgan fingerprint density at radius 3 is 2.71 bits per heavy atom. The number of hydrogen-bond acceptors (Lipinski definition) is 2. The highest BCUT2D eigenvalue weighted by molar-refractivity contribution is 9.09. The molecule has 0 aromatic carbocycles. The van der Waals surface area contributed by atoms with E-state index >= 15 is 0 Å². The largest absolute Gasteiger partial charge is 0.353 e. The fourth-order valence-electron chi connectivity index (χ4n) is 1.42. The van der Waals surface area contributed by atoms with Gasteiger partial charge in [0, 0.05) is 11.9 Å². The Hall–Kier alpha value is 0.400. The summed E-state index contributed by atoms with van der Waals surface area (Å²) < 4.78 is 11.2. The van der Waals surface area contributed by atoms with Crippen molar-refractivity contribution in [3.63, 3.8) is 0 Å². The van der Waals surface area contributed by atoms with Crippen LogP contribution in [0.2, 0.25) is 0 Å². The summed E-state index contributed by atoms with van der Waals surface area (Å²) in [5.74, 6) is 1.26. The molecule has 3 heteroatoms. The van der Waals surface area contributed by atoms with E-state index in [2.05, 4.69) is 29.8 Å². The summed E-state index contributed by atoms with van der Waals surface area (Å²) in [4.78, 5) is 0. The van der Waals surface area contributed by atoms with Gasteiger partial charge in [-0.25, -0.2) is 0 Å². The molecule has 1 fully saturated rings. The van der Waals surface area contributed by atoms with Gasteiger partial charge >= 0.3 is 0 Å². The fourth-order valence-corrected chi connectivity index (χ4v) is 2.06. The summed E-state index contributed by atoms with van der Waals surface area (Å²) in [6.45, 7) is 6.16. The average Bonchev–Trinajstić information content (AvgIpc) is 2.26. The zero-order valence-corrected chi connectivity index (χ0v) is 10.8. The topological polar surface area (TPSA) is 18.5 Å². The summed E-state index contributed by atoms with van der Waals surface area (Å²) in [5.41, 5.74) is 0. The molecular weight excluding hydrogens is 244 g/mol. The van der Waals surface area contributed by atoms with Crippen molar-refractivity contribution >= 4 is 15.9 Å². The third kappa shape index (κ3) is 4.28. The molecule has 1 saturated heterocycles. The van der Waals surface area contributed by atoms with E-state index in [0.29, 0.717) is 11.8 Å². The van der Waals surface area contributed by atoms with E-state index in [1.54, 1.807) is 0 Å². The van der Waals surface area contributed by atoms with Crippen LogP contribution in [0.4, 0.5) is 0 Å². The maximum atomic E-state index is 5.72. The van der Waals surface area contributed by atoms with Crippen LogP contribution in [0.25, 0.3) is 0 Å². The van der Waals surface area contributed by atoms with Gasteiger partial charge in [-0.15, -0.1) is 0 Å². The Labute approximate surface area is 95.5 Å². The maximum absolute atomic E-state index is 5.72. The second kappa shape index (κ2) is 6.81. The summed E-state index contributed by atoms with van der Waals surface area (Å²) in [5, 5.41) is 1.04. The van der Waals surface area contributed by atoms with Crippen LogP contribution in [-0.2, 0) is 9.47 Å². The lowest BCUT2D eigenvalue weighted by atomic mass is 9.99. The Morgan fingerprint density at radius 1 is 1.36 bits per heavy atom. The van der Waals surface area contributed by atoms with Gasteiger partial charge in [-0.2, -0.15) is 0 Å². The second-order valence-electron chi connectivity index (χ2n) is 4.24. The predicted molar refractivity (Wildman–Crippen MR) is 61.7 cm³/mol. The van der Waals surface area contributed by atoms with Gasteiger partial charge in [0.05, 0.1) is 6.61 Å². The molecule has 1 aliphatic rings. The van der Waals surface area contributed by atoms with Crippen molar-refractivity contribution in [2.45, 2.75) is 39.4 Å². The van der Waals surface area contributed by atoms with Crippen LogP contribution in [0.5, 0.6) is 0 Å². The van der Waals surface area contributed by atoms with Crippen molar-refractivity contribution in [1.29, 1.82) is 0 Å². The van der Waals surface area contributed by atoms with Crippen LogP contribution in [0, 0.1) is 11.8 Å². The number of hydrogen-bond donors (Lipinski definition) is 0. The molecule has 0 radical (unpaired) electrons. The molecule has 84 valence electrons. The summed E-state index contributed by atoms with van der Waals surface area (Å²) >= 11 is 3.49. The monoisotopic (exact) mass is 264 g/mol. The van der Waals surface area contributed by atoms with E-state index in [-0.39, 0.29) is 6.29 Å². The van der Waals surface area contributed by atoms with Gasteiger partial charge in [0.2, 0.25) is 0 Å². The molecule has 0 saturated carbocycles. The van der Waals surface area contributed by atoms with Crippen LogP contribution < -0.4 is 0 Å². The van der Waals surface area contributed by atoms with Crippen molar-refractivity contribution in [2.24, 2.45) is 11.8 Å². The van der Waals surface area contributed by atoms with E-state index in [1.165, 1.54) is 12.8 Å². The van der Waals surface area contributed by atoms with E-state index in [4.69, 9.17) is 9.47 Å². The number of alkyl halides is 1. The molecule has 0 spiro atoms. The Bertz CT molecular complexity index is 144. The van der Waals surface area contributed by atoms with Crippen molar-refractivity contribution in [3.05, 3.63) is 0 Å². The Balaban J connectivity index is 2.12. The molecule has 3 unspecified atom stereocenters. The Kier molecular flexibility index (Phi) is 6.06. The van der Waals surface area contributed by atoms with Crippen LogP contribution in [-0.4, -0.2) is 24.8 Å². The molecule has 0 amide bonds. The first-order chi connectivity index (χ1) is 6.74. The SMILES string of the molecule is CC(CBr)C(C)COC1CCCCO1. The minimum Gasteiger partial charge on any atom is -0.353 e. The molecule has 2 nitrogen and oxygen atoms in total. The van der Waals surface area contributed by atoms with Crippen molar-refractivity contribution in [1.82, 2.24) is 0 Å². The molecule has 0 N–H and O–H groups in total. The van der Waals surface area contributed by atoms with Crippen LogP contribution in [0.3, 0.4) is 0 Å². The normalized spacial score (nSPS) is 27.2. The minimum atomic E-state index is 0.0636. The standard InChI is InChI=1S/C11H21BrO2/c1-9(7-12)10(2)8-14-11-5-3-4-6-13-11/h9-11H,3-8H2,1-2H3. The van der Waals surface area contributed by atoms with E-state index in [9.17, 15) is 0 Å². The van der Waals surface area contributed by atoms with Gasteiger partial charge in [0.1, 0.15) is 0 Å². The van der Waals surface area contributed by atoms with E-state index in [1.807, 2.05) is 0 Å². The second-order valence-corrected chi connectivity index (χ2v) is 4.89. The maximum Gasteiger partial charge on any atom is 0.157 e. The highest BCUT2D eigenvalue weighted by Gasteiger charge is 2.17. The van der Waals surface area contributed by atoms with Crippen molar-refractivity contribution < 1.29 is 9.47 Å². The van der Waals surface area contributed by atoms with Gasteiger partial charge in [-0.1, -0.05) is 29.8 Å². The van der Waals surface area contributed by atoms with Gasteiger partial charge in [0.25, 0.3) is 0 Å². The van der Waals surface area contributed by atoms with Crippen molar-refractivity contribution in [2.75, 3.05) is 18.5 Å². The number of ether oxygens (including phenoxy) is 2. The van der Waals surface area contributed by atoms with Crippen LogP contribution in [0.1, 0.15) is 33.1 Å². The fraction of sp³-hybridized carbons (Fsp3) is 1.00. The molecule has 3 atom stereocenters. The van der Waals surface area contributed by atoms with Crippen LogP contribution >= 0.6 is 15.9 Å². The molecule has 0 bridgehead atoms. The number of rotatable bonds is 5. The highest BCUT2D eigenvalue weighted by Crippen LogP contribution is 2.18. The Morgan fingerprint density at radius 2 is 2.14 bits per heavy atom. The van der Waals surface area contributed by atoms with Crippen molar-refractivity contribution in [3.8, 4) is 0 Å². The quantitative estimate of drug-likeness (QED) is 0.711. The third-order valence-electron chi connectivity index (χ3n) is 2.90. The minimum absolute atomic E-state index is 0.0636. The lowest BCUT2D eigenvalue weighted by Crippen LogP contribution is -2.26. The molecule has 0 aliphatic carbocycles. The van der Waals surface area contributed by atoms with Gasteiger partial charge < -0.3 is 9.47 Å². The average molecular weight is 265 g/mol. The summed E-state index contributed by atoms with van der Waals surface area (Å²) in [7, 11) is 0. The molecule has 1 aliphatic heterocycles. The molecule has 0 aromatic heterocycles. The predicted octanol–water partition coefficient (Wildman–Crippen LogP) is 3.20. The molecule has 1 heterocycles. The lowest BCUT2D eigenvalue weighted by molar-refractivity contribution is -0.169. The lowest BCUT2D eigenvalue weighted by Gasteiger charge is -2.25. The highest BCUT2D eigenvalue weighted by atomic mass is 79.9. The molecule has 1 rings (SSSR count). The molecule has 14 heavy (non-hydrogen) atoms. The first kappa shape index (κ1) is 12.5. The first-order valence-corrected chi connectivity index (χ1v) is 6.65. The van der Waals surface area contributed by atoms with Gasteiger partial charge in [0.15, 0.2) is 6.29 Å². The van der Waals surface area contributed by atoms with Crippen LogP contribution in [0.15, 0.2) is 0 Å². The zero-order valence-electron chi connectivity index (χ0n) is 9.17. The van der Waals surface area contributed by atoms with Gasteiger partial charge in [-0.3, -0.25) is 0 Å². The molecule has 0 aromatic rings. The third-order valence-corrected chi connectivity index (χ3v) is 3.92. The number of halogens is 1. The first-order valence-electron chi connectivity index (χ1n) is 5.53. The van der Waals surface area contributed by atoms with E-state index in [0.717, 1.165) is 25.0 Å². The molecular formula is C11H21BrO2. The summed E-state index contributed by atoms with van der Waals surface area (Å²) in [6, 6.07) is 0. The zero-order chi connectivity index (χ0) is 10.4. The smallest absolute Gasteiger partial charge is 0.157 e. The van der Waals surface area contributed by atoms with E-state index < -0.39 is 0 Å².